The van der Waals surface area contributed by atoms with Crippen LogP contribution in [0.15, 0.2) is 23.3 Å². The van der Waals surface area contributed by atoms with Gasteiger partial charge in [-0.2, -0.15) is 0 Å². The van der Waals surface area contributed by atoms with Crippen molar-refractivity contribution in [3.63, 3.8) is 0 Å². The molecule has 0 fully saturated rings. The van der Waals surface area contributed by atoms with E-state index < -0.39 is 0 Å². The monoisotopic (exact) mass is 262 g/mol. The van der Waals surface area contributed by atoms with Gasteiger partial charge >= 0.3 is 11.9 Å². The molecular weight excluding hydrogens is 240 g/mol. The Morgan fingerprint density at radius 1 is 0.947 bits per heavy atom. The first kappa shape index (κ1) is 14.0. The molecule has 2 unspecified atom stereocenters. The molecule has 0 aromatic carbocycles. The minimum absolute atomic E-state index is 0.131. The van der Waals surface area contributed by atoms with E-state index >= 15 is 0 Å². The van der Waals surface area contributed by atoms with Gasteiger partial charge < -0.3 is 4.74 Å². The van der Waals surface area contributed by atoms with Crippen molar-refractivity contribution in [2.75, 3.05) is 0 Å². The van der Waals surface area contributed by atoms with Gasteiger partial charge in [0.25, 0.3) is 0 Å². The van der Waals surface area contributed by atoms with Gasteiger partial charge in [0, 0.05) is 0 Å². The molecule has 0 aliphatic heterocycles. The average Bonchev–Trinajstić information content (AvgIpc) is 2.40. The van der Waals surface area contributed by atoms with Gasteiger partial charge in [-0.15, -0.1) is 0 Å². The van der Waals surface area contributed by atoms with Crippen LogP contribution in [-0.4, -0.2) is 11.9 Å². The Kier molecular flexibility index (Phi) is 4.56. The summed E-state index contributed by atoms with van der Waals surface area (Å²) in [5.74, 6) is -0.929. The highest BCUT2D eigenvalue weighted by Crippen LogP contribution is 2.27. The number of rotatable bonds is 2. The quantitative estimate of drug-likeness (QED) is 0.434. The SMILES string of the molecule is CC1=CCC(C(=O)OC(=O)C2CC=C(C)CC2)CC1. The number of ether oxygens (including phenoxy) is 1. The number of carbonyl (C=O) groups is 2. The summed E-state index contributed by atoms with van der Waals surface area (Å²) in [6, 6.07) is 0. The molecule has 3 nitrogen and oxygen atoms in total. The maximum atomic E-state index is 11.9. The Balaban J connectivity index is 1.84. The fraction of sp³-hybridized carbons (Fsp3) is 0.625. The average molecular weight is 262 g/mol. The fourth-order valence-electron chi connectivity index (χ4n) is 2.62. The molecule has 0 aromatic rings. The van der Waals surface area contributed by atoms with Crippen LogP contribution in [0.4, 0.5) is 0 Å². The predicted octanol–water partition coefficient (Wildman–Crippen LogP) is 3.55. The van der Waals surface area contributed by atoms with Crippen molar-refractivity contribution < 1.29 is 14.3 Å². The Morgan fingerprint density at radius 3 is 1.68 bits per heavy atom. The van der Waals surface area contributed by atoms with Crippen LogP contribution in [0.5, 0.6) is 0 Å². The number of carbonyl (C=O) groups excluding carboxylic acids is 2. The molecule has 0 heterocycles. The van der Waals surface area contributed by atoms with Gasteiger partial charge in [0.2, 0.25) is 0 Å². The molecule has 0 N–H and O–H groups in total. The number of esters is 2. The molecule has 0 saturated carbocycles. The van der Waals surface area contributed by atoms with Gasteiger partial charge in [0.05, 0.1) is 11.8 Å². The summed E-state index contributed by atoms with van der Waals surface area (Å²) in [6.45, 7) is 4.15. The van der Waals surface area contributed by atoms with Crippen LogP contribution in [-0.2, 0) is 14.3 Å². The third-order valence-corrected chi connectivity index (χ3v) is 4.14. The fourth-order valence-corrected chi connectivity index (χ4v) is 2.62. The molecule has 2 aliphatic carbocycles. The Morgan fingerprint density at radius 2 is 1.37 bits per heavy atom. The lowest BCUT2D eigenvalue weighted by atomic mass is 9.89. The second-order valence-corrected chi connectivity index (χ2v) is 5.78. The van der Waals surface area contributed by atoms with Crippen molar-refractivity contribution >= 4 is 11.9 Å². The Bertz CT molecular complexity index is 391. The second-order valence-electron chi connectivity index (χ2n) is 5.78. The topological polar surface area (TPSA) is 43.4 Å². The molecule has 2 rings (SSSR count). The lowest BCUT2D eigenvalue weighted by Crippen LogP contribution is -2.27. The maximum absolute atomic E-state index is 11.9. The summed E-state index contributed by atoms with van der Waals surface area (Å²) in [5, 5.41) is 0. The number of hydrogen-bond acceptors (Lipinski definition) is 3. The first-order valence-corrected chi connectivity index (χ1v) is 7.13. The lowest BCUT2D eigenvalue weighted by Gasteiger charge is -2.21. The molecule has 0 aromatic heterocycles. The van der Waals surface area contributed by atoms with E-state index in [1.54, 1.807) is 0 Å². The molecule has 2 aliphatic rings. The molecule has 0 bridgehead atoms. The molecule has 3 heteroatoms. The van der Waals surface area contributed by atoms with Gasteiger partial charge in [-0.1, -0.05) is 23.3 Å². The minimum Gasteiger partial charge on any atom is -0.393 e. The van der Waals surface area contributed by atoms with Crippen molar-refractivity contribution in [2.24, 2.45) is 11.8 Å². The number of allylic oxidation sites excluding steroid dienone is 4. The Hall–Kier alpha value is -1.38. The zero-order valence-electron chi connectivity index (χ0n) is 11.8. The number of hydrogen-bond donors (Lipinski definition) is 0. The van der Waals surface area contributed by atoms with E-state index in [1.807, 2.05) is 0 Å². The van der Waals surface area contributed by atoms with Gasteiger partial charge in [0.1, 0.15) is 0 Å². The van der Waals surface area contributed by atoms with Crippen molar-refractivity contribution in [3.8, 4) is 0 Å². The van der Waals surface area contributed by atoms with Crippen molar-refractivity contribution in [2.45, 2.75) is 52.4 Å². The highest BCUT2D eigenvalue weighted by molar-refractivity contribution is 5.88. The van der Waals surface area contributed by atoms with Crippen LogP contribution in [0.25, 0.3) is 0 Å². The molecule has 19 heavy (non-hydrogen) atoms. The first-order chi connectivity index (χ1) is 9.06. The highest BCUT2D eigenvalue weighted by atomic mass is 16.6. The van der Waals surface area contributed by atoms with E-state index in [-0.39, 0.29) is 23.8 Å². The summed E-state index contributed by atoms with van der Waals surface area (Å²) in [4.78, 5) is 23.9. The highest BCUT2D eigenvalue weighted by Gasteiger charge is 2.28. The molecule has 0 radical (unpaired) electrons. The second kappa shape index (κ2) is 6.18. The summed E-state index contributed by atoms with van der Waals surface area (Å²) >= 11 is 0. The van der Waals surface area contributed by atoms with Crippen LogP contribution < -0.4 is 0 Å². The van der Waals surface area contributed by atoms with Crippen molar-refractivity contribution in [3.05, 3.63) is 23.3 Å². The normalized spacial score (nSPS) is 27.3. The van der Waals surface area contributed by atoms with E-state index in [9.17, 15) is 9.59 Å². The van der Waals surface area contributed by atoms with Crippen molar-refractivity contribution in [1.82, 2.24) is 0 Å². The Labute approximate surface area is 114 Å². The van der Waals surface area contributed by atoms with E-state index in [0.717, 1.165) is 25.7 Å². The van der Waals surface area contributed by atoms with Crippen LogP contribution >= 0.6 is 0 Å². The summed E-state index contributed by atoms with van der Waals surface area (Å²) in [7, 11) is 0. The summed E-state index contributed by atoms with van der Waals surface area (Å²) in [5.41, 5.74) is 2.64. The minimum atomic E-state index is -0.333. The summed E-state index contributed by atoms with van der Waals surface area (Å²) < 4.78 is 5.06. The molecule has 0 saturated heterocycles. The third-order valence-electron chi connectivity index (χ3n) is 4.14. The van der Waals surface area contributed by atoms with Crippen LogP contribution in [0.2, 0.25) is 0 Å². The maximum Gasteiger partial charge on any atom is 0.316 e. The van der Waals surface area contributed by atoms with E-state index in [2.05, 4.69) is 26.0 Å². The van der Waals surface area contributed by atoms with Crippen LogP contribution in [0, 0.1) is 11.8 Å². The lowest BCUT2D eigenvalue weighted by molar-refractivity contribution is -0.165. The zero-order valence-corrected chi connectivity index (χ0v) is 11.8. The molecule has 2 atom stereocenters. The van der Waals surface area contributed by atoms with Gasteiger partial charge in [0.15, 0.2) is 0 Å². The largest absolute Gasteiger partial charge is 0.393 e. The first-order valence-electron chi connectivity index (χ1n) is 7.13. The standard InChI is InChI=1S/C16H22O3/c1-11-3-7-13(8-4-11)15(17)19-16(18)14-9-5-12(2)6-10-14/h3,5,13-14H,4,6-10H2,1-2H3. The van der Waals surface area contributed by atoms with Crippen LogP contribution in [0.1, 0.15) is 52.4 Å². The smallest absolute Gasteiger partial charge is 0.316 e. The predicted molar refractivity (Wildman–Crippen MR) is 73.3 cm³/mol. The summed E-state index contributed by atoms with van der Waals surface area (Å²) in [6.07, 6.45) is 9.04. The van der Waals surface area contributed by atoms with Gasteiger partial charge in [-0.3, -0.25) is 9.59 Å². The zero-order chi connectivity index (χ0) is 13.8. The van der Waals surface area contributed by atoms with E-state index in [0.29, 0.717) is 12.8 Å². The van der Waals surface area contributed by atoms with E-state index in [4.69, 9.17) is 4.74 Å². The van der Waals surface area contributed by atoms with Crippen LogP contribution in [0.3, 0.4) is 0 Å². The van der Waals surface area contributed by atoms with Gasteiger partial charge in [-0.25, -0.2) is 0 Å². The molecule has 0 amide bonds. The molecule has 0 spiro atoms. The third kappa shape index (κ3) is 3.79. The van der Waals surface area contributed by atoms with Crippen molar-refractivity contribution in [1.29, 1.82) is 0 Å². The van der Waals surface area contributed by atoms with Gasteiger partial charge in [-0.05, 0) is 52.4 Å². The van der Waals surface area contributed by atoms with E-state index in [1.165, 1.54) is 11.1 Å². The molecular formula is C16H22O3. The molecule has 104 valence electrons.